The lowest BCUT2D eigenvalue weighted by molar-refractivity contribution is 0.123. The monoisotopic (exact) mass is 193 g/mol. The van der Waals surface area contributed by atoms with E-state index in [0.717, 1.165) is 19.0 Å². The number of rotatable bonds is 7. The van der Waals surface area contributed by atoms with Gasteiger partial charge in [-0.15, -0.1) is 0 Å². The van der Waals surface area contributed by atoms with E-state index < -0.39 is 8.80 Å². The highest BCUT2D eigenvalue weighted by atomic mass is 28.4. The molecule has 0 rings (SSSR count). The zero-order valence-electron chi connectivity index (χ0n) is 8.35. The van der Waals surface area contributed by atoms with Crippen molar-refractivity contribution in [3.05, 3.63) is 0 Å². The third-order valence-electron chi connectivity index (χ3n) is 1.84. The van der Waals surface area contributed by atoms with Gasteiger partial charge in [0.15, 0.2) is 0 Å². The molecule has 0 aliphatic rings. The molecule has 12 heavy (non-hydrogen) atoms. The molecular formula is C7H19NO3Si. The minimum atomic E-state index is -2.29. The molecule has 0 aliphatic heterocycles. The van der Waals surface area contributed by atoms with E-state index in [2.05, 4.69) is 5.32 Å². The quantitative estimate of drug-likeness (QED) is 0.471. The first-order valence-electron chi connectivity index (χ1n) is 4.04. The van der Waals surface area contributed by atoms with Gasteiger partial charge < -0.3 is 18.6 Å². The fourth-order valence-corrected chi connectivity index (χ4v) is 2.76. The molecule has 1 N–H and O–H groups in total. The van der Waals surface area contributed by atoms with Crippen molar-refractivity contribution in [2.45, 2.75) is 12.5 Å². The molecule has 0 aromatic rings. The third kappa shape index (κ3) is 3.64. The van der Waals surface area contributed by atoms with E-state index in [9.17, 15) is 0 Å². The first-order chi connectivity index (χ1) is 5.74. The molecule has 0 atom stereocenters. The Kier molecular flexibility index (Phi) is 6.59. The van der Waals surface area contributed by atoms with Crippen LogP contribution < -0.4 is 5.32 Å². The Bertz CT molecular complexity index is 101. The van der Waals surface area contributed by atoms with Crippen molar-refractivity contribution in [2.75, 3.05) is 34.9 Å². The summed E-state index contributed by atoms with van der Waals surface area (Å²) in [6.07, 6.45) is 1.01. The van der Waals surface area contributed by atoms with E-state index in [-0.39, 0.29) is 0 Å². The molecule has 0 bridgehead atoms. The van der Waals surface area contributed by atoms with Crippen LogP contribution in [-0.4, -0.2) is 43.7 Å². The minimum absolute atomic E-state index is 0.858. The average Bonchev–Trinajstić information content (AvgIpc) is 2.14. The van der Waals surface area contributed by atoms with Crippen molar-refractivity contribution in [2.24, 2.45) is 0 Å². The molecule has 0 saturated heterocycles. The smallest absolute Gasteiger partial charge is 0.377 e. The highest BCUT2D eigenvalue weighted by Crippen LogP contribution is 2.13. The number of hydrogen-bond acceptors (Lipinski definition) is 4. The summed E-state index contributed by atoms with van der Waals surface area (Å²) >= 11 is 0. The maximum absolute atomic E-state index is 5.25. The Morgan fingerprint density at radius 1 is 1.08 bits per heavy atom. The molecule has 0 radical (unpaired) electrons. The predicted octanol–water partition coefficient (Wildman–Crippen LogP) is 0.474. The van der Waals surface area contributed by atoms with Gasteiger partial charge in [0.05, 0.1) is 0 Å². The maximum Gasteiger partial charge on any atom is 0.500 e. The summed E-state index contributed by atoms with van der Waals surface area (Å²) in [7, 11) is 4.54. The Balaban J connectivity index is 3.76. The zero-order valence-corrected chi connectivity index (χ0v) is 9.35. The zero-order chi connectivity index (χ0) is 9.45. The normalized spacial score (nSPS) is 12.0. The molecule has 0 aromatic carbocycles. The van der Waals surface area contributed by atoms with Gasteiger partial charge in [-0.3, -0.25) is 0 Å². The molecule has 0 aliphatic carbocycles. The average molecular weight is 193 g/mol. The molecule has 0 spiro atoms. The van der Waals surface area contributed by atoms with Crippen molar-refractivity contribution in [3.63, 3.8) is 0 Å². The maximum atomic E-state index is 5.25. The van der Waals surface area contributed by atoms with Gasteiger partial charge in [-0.25, -0.2) is 0 Å². The van der Waals surface area contributed by atoms with Crippen LogP contribution in [0.2, 0.25) is 6.04 Å². The highest BCUT2D eigenvalue weighted by molar-refractivity contribution is 6.60. The predicted molar refractivity (Wildman–Crippen MR) is 50.1 cm³/mol. The van der Waals surface area contributed by atoms with Gasteiger partial charge in [-0.1, -0.05) is 0 Å². The van der Waals surface area contributed by atoms with E-state index in [1.165, 1.54) is 0 Å². The second kappa shape index (κ2) is 6.56. The molecule has 0 heterocycles. The van der Waals surface area contributed by atoms with Crippen molar-refractivity contribution < 1.29 is 13.3 Å². The van der Waals surface area contributed by atoms with E-state index in [1.54, 1.807) is 21.3 Å². The summed E-state index contributed by atoms with van der Waals surface area (Å²) in [5.41, 5.74) is 0. The second-order valence-corrected chi connectivity index (χ2v) is 5.59. The van der Waals surface area contributed by atoms with Gasteiger partial charge in [-0.05, 0) is 20.0 Å². The van der Waals surface area contributed by atoms with Gasteiger partial charge in [0, 0.05) is 27.4 Å². The van der Waals surface area contributed by atoms with Crippen molar-refractivity contribution in [1.82, 2.24) is 5.32 Å². The Morgan fingerprint density at radius 3 is 1.92 bits per heavy atom. The largest absolute Gasteiger partial charge is 0.500 e. The van der Waals surface area contributed by atoms with E-state index >= 15 is 0 Å². The van der Waals surface area contributed by atoms with Crippen LogP contribution in [-0.2, 0) is 13.3 Å². The molecule has 74 valence electrons. The van der Waals surface area contributed by atoms with Gasteiger partial charge in [0.25, 0.3) is 0 Å². The van der Waals surface area contributed by atoms with Gasteiger partial charge >= 0.3 is 8.80 Å². The van der Waals surface area contributed by atoms with E-state index in [0.29, 0.717) is 0 Å². The summed E-state index contributed by atoms with van der Waals surface area (Å²) in [5.74, 6) is 0. The Hall–Kier alpha value is 0.0569. The van der Waals surface area contributed by atoms with Crippen molar-refractivity contribution in [3.8, 4) is 0 Å². The summed E-state index contributed by atoms with van der Waals surface area (Å²) in [5, 5.41) is 3.07. The molecule has 0 amide bonds. The SMILES string of the molecule is CNCCC[Si](OC)(OC)OC. The summed E-state index contributed by atoms with van der Waals surface area (Å²) in [6, 6.07) is 0.858. The lowest BCUT2D eigenvalue weighted by atomic mass is 10.5. The molecule has 0 unspecified atom stereocenters. The topological polar surface area (TPSA) is 39.7 Å². The van der Waals surface area contributed by atoms with Gasteiger partial charge in [0.2, 0.25) is 0 Å². The van der Waals surface area contributed by atoms with Crippen LogP contribution >= 0.6 is 0 Å². The number of nitrogens with one attached hydrogen (secondary N) is 1. The summed E-state index contributed by atoms with van der Waals surface area (Å²) < 4.78 is 15.7. The standard InChI is InChI=1S/C7H19NO3Si/c1-8-6-5-7-12(9-2,10-3)11-4/h8H,5-7H2,1-4H3. The van der Waals surface area contributed by atoms with Crippen LogP contribution in [0.5, 0.6) is 0 Å². The number of hydrogen-bond donors (Lipinski definition) is 1. The lowest BCUT2D eigenvalue weighted by Crippen LogP contribution is -2.43. The Morgan fingerprint density at radius 2 is 1.58 bits per heavy atom. The summed E-state index contributed by atoms with van der Waals surface area (Å²) in [4.78, 5) is 0. The van der Waals surface area contributed by atoms with Crippen LogP contribution in [0.25, 0.3) is 0 Å². The van der Waals surface area contributed by atoms with Gasteiger partial charge in [-0.2, -0.15) is 0 Å². The molecule has 0 fully saturated rings. The first kappa shape index (κ1) is 12.1. The van der Waals surface area contributed by atoms with Crippen molar-refractivity contribution in [1.29, 1.82) is 0 Å². The second-order valence-electron chi connectivity index (χ2n) is 2.50. The van der Waals surface area contributed by atoms with E-state index in [1.807, 2.05) is 7.05 Å². The molecule has 0 aromatic heterocycles. The molecule has 5 heteroatoms. The minimum Gasteiger partial charge on any atom is -0.377 e. The fraction of sp³-hybridized carbons (Fsp3) is 1.00. The van der Waals surface area contributed by atoms with E-state index in [4.69, 9.17) is 13.3 Å². The van der Waals surface area contributed by atoms with Crippen LogP contribution in [0.15, 0.2) is 0 Å². The van der Waals surface area contributed by atoms with Crippen LogP contribution in [0.1, 0.15) is 6.42 Å². The Labute approximate surface area is 75.6 Å². The van der Waals surface area contributed by atoms with Crippen molar-refractivity contribution >= 4 is 8.80 Å². The fourth-order valence-electron chi connectivity index (χ4n) is 1.04. The van der Waals surface area contributed by atoms with Crippen LogP contribution in [0, 0.1) is 0 Å². The van der Waals surface area contributed by atoms with Gasteiger partial charge in [0.1, 0.15) is 0 Å². The molecular weight excluding hydrogens is 174 g/mol. The van der Waals surface area contributed by atoms with Crippen LogP contribution in [0.4, 0.5) is 0 Å². The molecule has 4 nitrogen and oxygen atoms in total. The first-order valence-corrected chi connectivity index (χ1v) is 5.98. The summed E-state index contributed by atoms with van der Waals surface area (Å²) in [6.45, 7) is 0.963. The lowest BCUT2D eigenvalue weighted by Gasteiger charge is -2.24. The third-order valence-corrected chi connectivity index (χ3v) is 4.67. The van der Waals surface area contributed by atoms with Crippen LogP contribution in [0.3, 0.4) is 0 Å². The molecule has 0 saturated carbocycles. The highest BCUT2D eigenvalue weighted by Gasteiger charge is 2.36.